The van der Waals surface area contributed by atoms with E-state index in [9.17, 15) is 9.90 Å². The topological polar surface area (TPSA) is 69.8 Å². The number of nitrogens with zero attached hydrogens (tertiary/aromatic N) is 3. The highest BCUT2D eigenvalue weighted by Crippen LogP contribution is 2.34. The standard InChI is InChI=1S/C19H22N4O2S/c1-4-23-9-5-6-14(23)11-21-18(25)17-12(2)22-19(26-17)13-7-8-16(24)15(10-13)20-3/h7-8,10,14,24H,4-6,9,11H2,1-2H3,(H,21,25)/t14-/m0/s1. The molecular formula is C19H22N4O2S. The number of likely N-dealkylation sites (N-methyl/N-ethyl adjacent to an activating group) is 1. The number of likely N-dealkylation sites (tertiary alicyclic amines) is 1. The molecule has 6 nitrogen and oxygen atoms in total. The van der Waals surface area contributed by atoms with Gasteiger partial charge in [0.25, 0.3) is 5.91 Å². The Labute approximate surface area is 157 Å². The summed E-state index contributed by atoms with van der Waals surface area (Å²) in [6.07, 6.45) is 2.30. The molecule has 0 spiro atoms. The highest BCUT2D eigenvalue weighted by atomic mass is 32.1. The third-order valence-corrected chi connectivity index (χ3v) is 5.95. The Balaban J connectivity index is 1.73. The maximum absolute atomic E-state index is 12.6. The first-order valence-electron chi connectivity index (χ1n) is 8.74. The van der Waals surface area contributed by atoms with Crippen LogP contribution in [0.3, 0.4) is 0 Å². The average molecular weight is 370 g/mol. The lowest BCUT2D eigenvalue weighted by molar-refractivity contribution is 0.0944. The summed E-state index contributed by atoms with van der Waals surface area (Å²) in [5, 5.41) is 13.4. The second kappa shape index (κ2) is 7.85. The number of carbonyl (C=O) groups is 1. The highest BCUT2D eigenvalue weighted by molar-refractivity contribution is 7.17. The fourth-order valence-corrected chi connectivity index (χ4v) is 4.29. The molecule has 1 aromatic carbocycles. The highest BCUT2D eigenvalue weighted by Gasteiger charge is 2.24. The molecule has 136 valence electrons. The van der Waals surface area contributed by atoms with Crippen molar-refractivity contribution in [3.63, 3.8) is 0 Å². The van der Waals surface area contributed by atoms with Gasteiger partial charge in [-0.1, -0.05) is 13.0 Å². The molecule has 1 aromatic heterocycles. The van der Waals surface area contributed by atoms with E-state index in [2.05, 4.69) is 27.0 Å². The Kier molecular flexibility index (Phi) is 5.55. The van der Waals surface area contributed by atoms with Gasteiger partial charge in [0.1, 0.15) is 15.6 Å². The lowest BCUT2D eigenvalue weighted by Gasteiger charge is -2.22. The fourth-order valence-electron chi connectivity index (χ4n) is 3.31. The van der Waals surface area contributed by atoms with Gasteiger partial charge >= 0.3 is 0 Å². The van der Waals surface area contributed by atoms with Gasteiger partial charge in [0.2, 0.25) is 5.69 Å². The molecule has 1 aliphatic heterocycles. The van der Waals surface area contributed by atoms with Gasteiger partial charge in [-0.3, -0.25) is 9.69 Å². The summed E-state index contributed by atoms with van der Waals surface area (Å²) in [6, 6.07) is 5.20. The van der Waals surface area contributed by atoms with Crippen LogP contribution in [-0.2, 0) is 0 Å². The SMILES string of the molecule is [C-]#[N+]c1cc(-c2nc(C)c(C(=O)NC[C@@H]3CCCN3CC)s2)ccc1O. The van der Waals surface area contributed by atoms with E-state index in [1.165, 1.54) is 23.8 Å². The molecule has 1 aliphatic rings. The van der Waals surface area contributed by atoms with E-state index in [0.29, 0.717) is 28.2 Å². The Bertz CT molecular complexity index is 856. The maximum Gasteiger partial charge on any atom is 0.263 e. The van der Waals surface area contributed by atoms with Crippen molar-refractivity contribution in [2.24, 2.45) is 0 Å². The summed E-state index contributed by atoms with van der Waals surface area (Å²) in [7, 11) is 0. The quantitative estimate of drug-likeness (QED) is 0.789. The summed E-state index contributed by atoms with van der Waals surface area (Å²) in [6.45, 7) is 13.8. The molecule has 1 atom stereocenters. The first kappa shape index (κ1) is 18.4. The molecular weight excluding hydrogens is 348 g/mol. The second-order valence-electron chi connectivity index (χ2n) is 6.38. The smallest absolute Gasteiger partial charge is 0.263 e. The molecule has 0 bridgehead atoms. The van der Waals surface area contributed by atoms with Crippen LogP contribution in [-0.4, -0.2) is 46.6 Å². The molecule has 3 rings (SSSR count). The Morgan fingerprint density at radius 2 is 2.35 bits per heavy atom. The number of rotatable bonds is 5. The van der Waals surface area contributed by atoms with Crippen molar-refractivity contribution in [2.75, 3.05) is 19.6 Å². The van der Waals surface area contributed by atoms with Crippen LogP contribution in [0.25, 0.3) is 15.4 Å². The van der Waals surface area contributed by atoms with Gasteiger partial charge < -0.3 is 10.4 Å². The van der Waals surface area contributed by atoms with Crippen LogP contribution >= 0.6 is 11.3 Å². The number of hydrogen-bond acceptors (Lipinski definition) is 5. The largest absolute Gasteiger partial charge is 0.519 e. The van der Waals surface area contributed by atoms with E-state index >= 15 is 0 Å². The van der Waals surface area contributed by atoms with Crippen molar-refractivity contribution in [3.05, 3.63) is 40.2 Å². The minimum Gasteiger partial charge on any atom is -0.519 e. The summed E-state index contributed by atoms with van der Waals surface area (Å²) in [5.74, 6) is -0.148. The maximum atomic E-state index is 12.6. The molecule has 7 heteroatoms. The van der Waals surface area contributed by atoms with Crippen molar-refractivity contribution in [3.8, 4) is 16.3 Å². The van der Waals surface area contributed by atoms with Crippen LogP contribution in [0.5, 0.6) is 5.75 Å². The lowest BCUT2D eigenvalue weighted by Crippen LogP contribution is -2.39. The molecule has 2 aromatic rings. The van der Waals surface area contributed by atoms with Crippen molar-refractivity contribution in [1.82, 2.24) is 15.2 Å². The van der Waals surface area contributed by atoms with Gasteiger partial charge in [-0.25, -0.2) is 9.83 Å². The van der Waals surface area contributed by atoms with E-state index in [-0.39, 0.29) is 17.3 Å². The first-order valence-corrected chi connectivity index (χ1v) is 9.55. The average Bonchev–Trinajstić information content (AvgIpc) is 3.26. The van der Waals surface area contributed by atoms with E-state index in [1.54, 1.807) is 12.1 Å². The monoisotopic (exact) mass is 370 g/mol. The van der Waals surface area contributed by atoms with Gasteiger partial charge in [0.05, 0.1) is 12.3 Å². The predicted molar refractivity (Wildman–Crippen MR) is 103 cm³/mol. The zero-order valence-electron chi connectivity index (χ0n) is 15.0. The van der Waals surface area contributed by atoms with E-state index < -0.39 is 0 Å². The Morgan fingerprint density at radius 1 is 1.54 bits per heavy atom. The third kappa shape index (κ3) is 3.71. The number of aromatic nitrogens is 1. The molecule has 26 heavy (non-hydrogen) atoms. The number of phenolic OH excluding ortho intramolecular Hbond substituents is 1. The molecule has 1 saturated heterocycles. The van der Waals surface area contributed by atoms with E-state index in [1.807, 2.05) is 6.92 Å². The van der Waals surface area contributed by atoms with Crippen LogP contribution in [0.4, 0.5) is 5.69 Å². The molecule has 0 unspecified atom stereocenters. The third-order valence-electron chi connectivity index (χ3n) is 4.75. The molecule has 0 saturated carbocycles. The molecule has 2 heterocycles. The minimum absolute atomic E-state index is 0.0490. The number of benzene rings is 1. The molecule has 1 amide bonds. The Morgan fingerprint density at radius 3 is 3.08 bits per heavy atom. The number of nitrogens with one attached hydrogen (secondary N) is 1. The zero-order chi connectivity index (χ0) is 18.7. The number of aromatic hydroxyl groups is 1. The molecule has 0 aliphatic carbocycles. The van der Waals surface area contributed by atoms with Gasteiger partial charge in [-0.2, -0.15) is 0 Å². The number of hydrogen-bond donors (Lipinski definition) is 2. The number of amides is 1. The lowest BCUT2D eigenvalue weighted by atomic mass is 10.2. The molecule has 0 radical (unpaired) electrons. The second-order valence-corrected chi connectivity index (χ2v) is 7.38. The van der Waals surface area contributed by atoms with Crippen LogP contribution in [0.2, 0.25) is 0 Å². The van der Waals surface area contributed by atoms with Crippen LogP contribution < -0.4 is 5.32 Å². The molecule has 2 N–H and O–H groups in total. The normalized spacial score (nSPS) is 17.2. The van der Waals surface area contributed by atoms with Crippen molar-refractivity contribution in [1.29, 1.82) is 0 Å². The summed E-state index contributed by atoms with van der Waals surface area (Å²) >= 11 is 1.31. The van der Waals surface area contributed by atoms with Gasteiger partial charge in [-0.05, 0) is 45.0 Å². The van der Waals surface area contributed by atoms with Gasteiger partial charge in [0, 0.05) is 18.2 Å². The predicted octanol–water partition coefficient (Wildman–Crippen LogP) is 3.59. The number of aryl methyl sites for hydroxylation is 1. The number of carbonyl (C=O) groups excluding carboxylic acids is 1. The zero-order valence-corrected chi connectivity index (χ0v) is 15.8. The summed E-state index contributed by atoms with van der Waals surface area (Å²) in [5.41, 5.74) is 1.59. The minimum atomic E-state index is -0.0987. The van der Waals surface area contributed by atoms with Crippen molar-refractivity contribution in [2.45, 2.75) is 32.7 Å². The fraction of sp³-hybridized carbons (Fsp3) is 0.421. The van der Waals surface area contributed by atoms with Gasteiger partial charge in [0.15, 0.2) is 0 Å². The first-order chi connectivity index (χ1) is 12.5. The van der Waals surface area contributed by atoms with E-state index in [4.69, 9.17) is 6.57 Å². The Hall–Kier alpha value is -2.43. The number of thiazole rings is 1. The van der Waals surface area contributed by atoms with Gasteiger partial charge in [-0.15, -0.1) is 11.3 Å². The van der Waals surface area contributed by atoms with Crippen LogP contribution in [0, 0.1) is 13.5 Å². The van der Waals surface area contributed by atoms with Crippen molar-refractivity contribution >= 4 is 22.9 Å². The van der Waals surface area contributed by atoms with Crippen LogP contribution in [0.15, 0.2) is 18.2 Å². The molecule has 1 fully saturated rings. The van der Waals surface area contributed by atoms with E-state index in [0.717, 1.165) is 25.1 Å². The summed E-state index contributed by atoms with van der Waals surface area (Å²) in [4.78, 5) is 23.4. The summed E-state index contributed by atoms with van der Waals surface area (Å²) < 4.78 is 0. The van der Waals surface area contributed by atoms with Crippen LogP contribution in [0.1, 0.15) is 35.1 Å². The van der Waals surface area contributed by atoms with Crippen molar-refractivity contribution < 1.29 is 9.90 Å². The number of phenols is 1.